The highest BCUT2D eigenvalue weighted by Gasteiger charge is 2.20. The van der Waals surface area contributed by atoms with Gasteiger partial charge in [0.1, 0.15) is 17.4 Å². The smallest absolute Gasteiger partial charge is 0.228 e. The van der Waals surface area contributed by atoms with E-state index < -0.39 is 0 Å². The van der Waals surface area contributed by atoms with Crippen LogP contribution in [0, 0.1) is 0 Å². The second-order valence-corrected chi connectivity index (χ2v) is 6.64. The van der Waals surface area contributed by atoms with Gasteiger partial charge in [-0.15, -0.1) is 11.3 Å². The normalized spacial score (nSPS) is 15.5. The standard InChI is InChI=1S/C17H22N4O2S/c1-2-20-6-8-21(9-7-20)17(22)10-14-13-24-16(19-14)12-23-15-4-3-5-18-11-15/h3-5,11,13H,2,6-10,12H2,1H3. The predicted molar refractivity (Wildman–Crippen MR) is 93.1 cm³/mol. The highest BCUT2D eigenvalue weighted by molar-refractivity contribution is 7.09. The summed E-state index contributed by atoms with van der Waals surface area (Å²) < 4.78 is 5.64. The van der Waals surface area contributed by atoms with Gasteiger partial charge in [0.15, 0.2) is 0 Å². The van der Waals surface area contributed by atoms with Crippen molar-refractivity contribution in [3.63, 3.8) is 0 Å². The second-order valence-electron chi connectivity index (χ2n) is 5.70. The molecule has 1 amide bonds. The summed E-state index contributed by atoms with van der Waals surface area (Å²) in [6.07, 6.45) is 3.75. The average Bonchev–Trinajstić information content (AvgIpc) is 3.08. The molecular formula is C17H22N4O2S. The zero-order valence-electron chi connectivity index (χ0n) is 13.9. The Labute approximate surface area is 146 Å². The fourth-order valence-corrected chi connectivity index (χ4v) is 3.36. The minimum absolute atomic E-state index is 0.163. The molecule has 7 heteroatoms. The third-order valence-electron chi connectivity index (χ3n) is 4.10. The summed E-state index contributed by atoms with van der Waals surface area (Å²) in [5.74, 6) is 0.884. The Balaban J connectivity index is 1.48. The van der Waals surface area contributed by atoms with Crippen molar-refractivity contribution in [2.24, 2.45) is 0 Å². The number of rotatable bonds is 6. The van der Waals surface area contributed by atoms with Crippen molar-refractivity contribution in [1.29, 1.82) is 0 Å². The van der Waals surface area contributed by atoms with E-state index in [4.69, 9.17) is 4.74 Å². The molecule has 3 rings (SSSR count). The van der Waals surface area contributed by atoms with Gasteiger partial charge in [-0.25, -0.2) is 4.98 Å². The van der Waals surface area contributed by atoms with Crippen LogP contribution in [-0.4, -0.2) is 58.4 Å². The number of ether oxygens (including phenoxy) is 1. The third kappa shape index (κ3) is 4.52. The van der Waals surface area contributed by atoms with Crippen molar-refractivity contribution in [3.05, 3.63) is 40.6 Å². The zero-order valence-corrected chi connectivity index (χ0v) is 14.7. The van der Waals surface area contributed by atoms with Crippen LogP contribution < -0.4 is 4.74 Å². The molecule has 24 heavy (non-hydrogen) atoms. The van der Waals surface area contributed by atoms with Gasteiger partial charge in [-0.05, 0) is 18.7 Å². The van der Waals surface area contributed by atoms with Gasteiger partial charge in [-0.3, -0.25) is 9.78 Å². The first kappa shape index (κ1) is 16.9. The number of nitrogens with zero attached hydrogens (tertiary/aromatic N) is 4. The van der Waals surface area contributed by atoms with Crippen LogP contribution in [0.5, 0.6) is 5.75 Å². The summed E-state index contributed by atoms with van der Waals surface area (Å²) in [6, 6.07) is 3.69. The molecule has 128 valence electrons. The molecule has 3 heterocycles. The molecule has 0 unspecified atom stereocenters. The number of thiazole rings is 1. The Morgan fingerprint density at radius 2 is 2.17 bits per heavy atom. The number of aromatic nitrogens is 2. The van der Waals surface area contributed by atoms with Crippen LogP contribution in [0.15, 0.2) is 29.9 Å². The van der Waals surface area contributed by atoms with Crippen LogP contribution >= 0.6 is 11.3 Å². The fraction of sp³-hybridized carbons (Fsp3) is 0.471. The van der Waals surface area contributed by atoms with Crippen LogP contribution in [0.1, 0.15) is 17.6 Å². The molecule has 0 saturated carbocycles. The quantitative estimate of drug-likeness (QED) is 0.799. The number of hydrogen-bond donors (Lipinski definition) is 0. The molecule has 0 atom stereocenters. The molecule has 0 bridgehead atoms. The Kier molecular flexibility index (Phi) is 5.77. The van der Waals surface area contributed by atoms with Crippen LogP contribution in [0.4, 0.5) is 0 Å². The largest absolute Gasteiger partial charge is 0.485 e. The van der Waals surface area contributed by atoms with E-state index in [2.05, 4.69) is 21.8 Å². The van der Waals surface area contributed by atoms with Gasteiger partial charge in [0.05, 0.1) is 18.3 Å². The summed E-state index contributed by atoms with van der Waals surface area (Å²) in [5.41, 5.74) is 0.827. The first-order valence-corrected chi connectivity index (χ1v) is 9.09. The van der Waals surface area contributed by atoms with Gasteiger partial charge in [0.25, 0.3) is 0 Å². The molecule has 1 saturated heterocycles. The molecular weight excluding hydrogens is 324 g/mol. The van der Waals surface area contributed by atoms with Crippen LogP contribution in [0.25, 0.3) is 0 Å². The maximum Gasteiger partial charge on any atom is 0.228 e. The van der Waals surface area contributed by atoms with Crippen LogP contribution in [0.3, 0.4) is 0 Å². The lowest BCUT2D eigenvalue weighted by Gasteiger charge is -2.34. The monoisotopic (exact) mass is 346 g/mol. The number of carbonyl (C=O) groups excluding carboxylic acids is 1. The summed E-state index contributed by atoms with van der Waals surface area (Å²) in [7, 11) is 0. The fourth-order valence-electron chi connectivity index (χ4n) is 2.65. The van der Waals surface area contributed by atoms with Gasteiger partial charge in [-0.1, -0.05) is 6.92 Å². The Bertz CT molecular complexity index is 654. The Morgan fingerprint density at radius 1 is 1.33 bits per heavy atom. The van der Waals surface area contributed by atoms with E-state index in [-0.39, 0.29) is 5.91 Å². The van der Waals surface area contributed by atoms with Crippen molar-refractivity contribution < 1.29 is 9.53 Å². The molecule has 2 aromatic heterocycles. The topological polar surface area (TPSA) is 58.6 Å². The molecule has 0 spiro atoms. The second kappa shape index (κ2) is 8.21. The molecule has 1 aliphatic rings. The van der Waals surface area contributed by atoms with E-state index in [9.17, 15) is 4.79 Å². The van der Waals surface area contributed by atoms with Gasteiger partial charge < -0.3 is 14.5 Å². The molecule has 1 aliphatic heterocycles. The molecule has 1 fully saturated rings. The van der Waals surface area contributed by atoms with E-state index in [1.807, 2.05) is 22.4 Å². The Morgan fingerprint density at radius 3 is 2.88 bits per heavy atom. The van der Waals surface area contributed by atoms with Crippen molar-refractivity contribution in [2.45, 2.75) is 20.0 Å². The highest BCUT2D eigenvalue weighted by atomic mass is 32.1. The van der Waals surface area contributed by atoms with E-state index >= 15 is 0 Å². The number of hydrogen-bond acceptors (Lipinski definition) is 6. The molecule has 0 aliphatic carbocycles. The maximum absolute atomic E-state index is 12.4. The maximum atomic E-state index is 12.4. The molecule has 2 aromatic rings. The number of carbonyl (C=O) groups is 1. The summed E-state index contributed by atoms with van der Waals surface area (Å²) in [4.78, 5) is 25.2. The van der Waals surface area contributed by atoms with Crippen LogP contribution in [0.2, 0.25) is 0 Å². The lowest BCUT2D eigenvalue weighted by atomic mass is 10.2. The van der Waals surface area contributed by atoms with Crippen molar-refractivity contribution in [3.8, 4) is 5.75 Å². The van der Waals surface area contributed by atoms with E-state index in [1.165, 1.54) is 11.3 Å². The molecule has 6 nitrogen and oxygen atoms in total. The van der Waals surface area contributed by atoms with Gasteiger partial charge in [-0.2, -0.15) is 0 Å². The Hall–Kier alpha value is -1.99. The van der Waals surface area contributed by atoms with Gasteiger partial charge in [0.2, 0.25) is 5.91 Å². The predicted octanol–water partition coefficient (Wildman–Crippen LogP) is 1.82. The van der Waals surface area contributed by atoms with Crippen molar-refractivity contribution >= 4 is 17.2 Å². The lowest BCUT2D eigenvalue weighted by molar-refractivity contribution is -0.132. The van der Waals surface area contributed by atoms with Gasteiger partial charge in [0, 0.05) is 37.8 Å². The lowest BCUT2D eigenvalue weighted by Crippen LogP contribution is -2.48. The molecule has 0 radical (unpaired) electrons. The summed E-state index contributed by atoms with van der Waals surface area (Å²) in [6.45, 7) is 7.16. The van der Waals surface area contributed by atoms with E-state index in [0.717, 1.165) is 49.2 Å². The van der Waals surface area contributed by atoms with Crippen molar-refractivity contribution in [1.82, 2.24) is 19.8 Å². The average molecular weight is 346 g/mol. The third-order valence-corrected chi connectivity index (χ3v) is 4.97. The summed E-state index contributed by atoms with van der Waals surface area (Å²) >= 11 is 1.53. The number of likely N-dealkylation sites (N-methyl/N-ethyl adjacent to an activating group) is 1. The number of piperazine rings is 1. The minimum Gasteiger partial charge on any atom is -0.485 e. The number of amides is 1. The van der Waals surface area contributed by atoms with Crippen LogP contribution in [-0.2, 0) is 17.8 Å². The SMILES string of the molecule is CCN1CCN(C(=O)Cc2csc(COc3cccnc3)n2)CC1. The first-order chi connectivity index (χ1) is 11.7. The molecule has 0 N–H and O–H groups in total. The summed E-state index contributed by atoms with van der Waals surface area (Å²) in [5, 5.41) is 2.82. The van der Waals surface area contributed by atoms with E-state index in [0.29, 0.717) is 13.0 Å². The first-order valence-electron chi connectivity index (χ1n) is 8.21. The minimum atomic E-state index is 0.163. The van der Waals surface area contributed by atoms with E-state index in [1.54, 1.807) is 12.4 Å². The number of pyridine rings is 1. The molecule has 0 aromatic carbocycles. The van der Waals surface area contributed by atoms with Crippen molar-refractivity contribution in [2.75, 3.05) is 32.7 Å². The highest BCUT2D eigenvalue weighted by Crippen LogP contribution is 2.15. The zero-order chi connectivity index (χ0) is 16.8. The van der Waals surface area contributed by atoms with Gasteiger partial charge >= 0.3 is 0 Å².